The molecule has 0 amide bonds. The van der Waals surface area contributed by atoms with Crippen molar-refractivity contribution in [2.75, 3.05) is 50.5 Å². The van der Waals surface area contributed by atoms with Gasteiger partial charge in [-0.25, -0.2) is 0 Å². The monoisotopic (exact) mass is 369 g/mol. The maximum absolute atomic E-state index is 10.1. The van der Waals surface area contributed by atoms with Crippen molar-refractivity contribution in [2.24, 2.45) is 5.92 Å². The smallest absolute Gasteiger partial charge is 0.169 e. The molecule has 144 valence electrons. The highest BCUT2D eigenvalue weighted by molar-refractivity contribution is 5.74. The van der Waals surface area contributed by atoms with E-state index in [-0.39, 0.29) is 5.75 Å². The standard InChI is InChI=1S/C20H27N5O2/c1-24-7-8-25(12-15(24)10-14-6-9-27-13-14)18-11-17(22-23-20(18)21)16-4-2-3-5-19(16)26/h2-5,11,14-15,26H,6-10,12-13H2,1H3,(H2,21,23)/t14?,15-/m0/s1. The zero-order valence-corrected chi connectivity index (χ0v) is 15.7. The molecule has 2 saturated heterocycles. The summed E-state index contributed by atoms with van der Waals surface area (Å²) in [5.74, 6) is 1.27. The number of ether oxygens (including phenoxy) is 1. The fraction of sp³-hybridized carbons (Fsp3) is 0.500. The van der Waals surface area contributed by atoms with Crippen LogP contribution in [0.3, 0.4) is 0 Å². The highest BCUT2D eigenvalue weighted by Gasteiger charge is 2.29. The minimum atomic E-state index is 0.194. The zero-order chi connectivity index (χ0) is 18.8. The number of phenolic OH excluding ortho intramolecular Hbond substituents is 1. The summed E-state index contributed by atoms with van der Waals surface area (Å²) >= 11 is 0. The second-order valence-electron chi connectivity index (χ2n) is 7.56. The van der Waals surface area contributed by atoms with Crippen molar-refractivity contribution >= 4 is 11.5 Å². The van der Waals surface area contributed by atoms with Gasteiger partial charge in [0.2, 0.25) is 0 Å². The van der Waals surface area contributed by atoms with Gasteiger partial charge in [0.15, 0.2) is 5.82 Å². The number of benzene rings is 1. The molecule has 7 heteroatoms. The number of hydrogen-bond acceptors (Lipinski definition) is 7. The summed E-state index contributed by atoms with van der Waals surface area (Å²) in [6, 6.07) is 9.57. The molecule has 2 fully saturated rings. The quantitative estimate of drug-likeness (QED) is 0.852. The highest BCUT2D eigenvalue weighted by Crippen LogP contribution is 2.32. The second kappa shape index (κ2) is 7.70. The van der Waals surface area contributed by atoms with Gasteiger partial charge in [0.25, 0.3) is 0 Å². The SMILES string of the molecule is CN1CCN(c2cc(-c3ccccc3O)nnc2N)C[C@@H]1CC1CCOC1. The Hall–Kier alpha value is -2.38. The summed E-state index contributed by atoms with van der Waals surface area (Å²) in [7, 11) is 2.19. The topological polar surface area (TPSA) is 87.7 Å². The van der Waals surface area contributed by atoms with Crippen LogP contribution in [-0.4, -0.2) is 66.1 Å². The molecule has 2 aliphatic rings. The molecule has 2 aromatic rings. The lowest BCUT2D eigenvalue weighted by Crippen LogP contribution is -2.52. The van der Waals surface area contributed by atoms with E-state index in [9.17, 15) is 5.11 Å². The van der Waals surface area contributed by atoms with Gasteiger partial charge in [0, 0.05) is 44.5 Å². The van der Waals surface area contributed by atoms with Crippen LogP contribution in [0, 0.1) is 5.92 Å². The molecule has 4 rings (SSSR count). The number of nitrogens with two attached hydrogens (primary N) is 1. The van der Waals surface area contributed by atoms with Crippen molar-refractivity contribution in [3.8, 4) is 17.0 Å². The van der Waals surface area contributed by atoms with Gasteiger partial charge in [-0.05, 0) is 44.0 Å². The normalized spacial score (nSPS) is 23.7. The number of para-hydroxylation sites is 1. The lowest BCUT2D eigenvalue weighted by molar-refractivity contribution is 0.157. The Morgan fingerprint density at radius 1 is 1.26 bits per heavy atom. The molecule has 3 N–H and O–H groups in total. The lowest BCUT2D eigenvalue weighted by atomic mass is 9.96. The summed E-state index contributed by atoms with van der Waals surface area (Å²) < 4.78 is 5.55. The van der Waals surface area contributed by atoms with E-state index in [0.29, 0.717) is 29.0 Å². The van der Waals surface area contributed by atoms with E-state index < -0.39 is 0 Å². The van der Waals surface area contributed by atoms with Crippen LogP contribution >= 0.6 is 0 Å². The zero-order valence-electron chi connectivity index (χ0n) is 15.7. The minimum Gasteiger partial charge on any atom is -0.507 e. The van der Waals surface area contributed by atoms with Crippen LogP contribution in [0.5, 0.6) is 5.75 Å². The number of piperazine rings is 1. The third-order valence-corrected chi connectivity index (χ3v) is 5.73. The first kappa shape index (κ1) is 18.0. The molecule has 1 unspecified atom stereocenters. The van der Waals surface area contributed by atoms with E-state index in [0.717, 1.165) is 51.4 Å². The molecule has 1 aromatic heterocycles. The summed E-state index contributed by atoms with van der Waals surface area (Å²) in [6.45, 7) is 4.54. The molecule has 27 heavy (non-hydrogen) atoms. The van der Waals surface area contributed by atoms with E-state index in [4.69, 9.17) is 10.5 Å². The number of likely N-dealkylation sites (N-methyl/N-ethyl adjacent to an activating group) is 1. The Bertz CT molecular complexity index is 794. The molecule has 2 atom stereocenters. The van der Waals surface area contributed by atoms with Gasteiger partial charge in [-0.3, -0.25) is 4.90 Å². The molecule has 0 radical (unpaired) electrons. The van der Waals surface area contributed by atoms with Crippen LogP contribution < -0.4 is 10.6 Å². The molecule has 0 bridgehead atoms. The summed E-state index contributed by atoms with van der Waals surface area (Å²) in [5, 5.41) is 18.5. The van der Waals surface area contributed by atoms with Crippen molar-refractivity contribution in [1.29, 1.82) is 0 Å². The second-order valence-corrected chi connectivity index (χ2v) is 7.56. The average Bonchev–Trinajstić information content (AvgIpc) is 3.18. The van der Waals surface area contributed by atoms with Crippen LogP contribution in [0.4, 0.5) is 11.5 Å². The fourth-order valence-corrected chi connectivity index (χ4v) is 4.04. The molecule has 2 aliphatic heterocycles. The predicted octanol–water partition coefficient (Wildman–Crippen LogP) is 1.98. The maximum Gasteiger partial charge on any atom is 0.169 e. The van der Waals surface area contributed by atoms with Crippen molar-refractivity contribution in [3.05, 3.63) is 30.3 Å². The Morgan fingerprint density at radius 2 is 2.11 bits per heavy atom. The van der Waals surface area contributed by atoms with E-state index in [2.05, 4.69) is 27.0 Å². The van der Waals surface area contributed by atoms with Gasteiger partial charge >= 0.3 is 0 Å². The van der Waals surface area contributed by atoms with Gasteiger partial charge < -0.3 is 20.5 Å². The summed E-state index contributed by atoms with van der Waals surface area (Å²) in [6.07, 6.45) is 2.29. The van der Waals surface area contributed by atoms with Gasteiger partial charge in [-0.15, -0.1) is 10.2 Å². The number of aromatic nitrogens is 2. The maximum atomic E-state index is 10.1. The number of aromatic hydroxyl groups is 1. The Morgan fingerprint density at radius 3 is 2.89 bits per heavy atom. The Labute approximate surface area is 159 Å². The number of phenols is 1. The van der Waals surface area contributed by atoms with Crippen LogP contribution in [0.15, 0.2) is 30.3 Å². The molecule has 3 heterocycles. The fourth-order valence-electron chi connectivity index (χ4n) is 4.04. The first-order valence-electron chi connectivity index (χ1n) is 9.56. The molecule has 0 aliphatic carbocycles. The Kier molecular flexibility index (Phi) is 5.13. The number of rotatable bonds is 4. The van der Waals surface area contributed by atoms with Crippen LogP contribution in [0.2, 0.25) is 0 Å². The number of anilines is 2. The largest absolute Gasteiger partial charge is 0.507 e. The Balaban J connectivity index is 1.56. The molecular formula is C20H27N5O2. The molecule has 0 saturated carbocycles. The first-order chi connectivity index (χ1) is 13.1. The van der Waals surface area contributed by atoms with Gasteiger partial charge in [0.05, 0.1) is 11.4 Å². The van der Waals surface area contributed by atoms with Crippen LogP contribution in [0.25, 0.3) is 11.3 Å². The third-order valence-electron chi connectivity index (χ3n) is 5.73. The van der Waals surface area contributed by atoms with Gasteiger partial charge in [0.1, 0.15) is 5.75 Å². The minimum absolute atomic E-state index is 0.194. The van der Waals surface area contributed by atoms with Crippen molar-refractivity contribution in [3.63, 3.8) is 0 Å². The van der Waals surface area contributed by atoms with Crippen molar-refractivity contribution in [1.82, 2.24) is 15.1 Å². The van der Waals surface area contributed by atoms with Gasteiger partial charge in [-0.2, -0.15) is 0 Å². The molecule has 1 aromatic carbocycles. The predicted molar refractivity (Wildman–Crippen MR) is 106 cm³/mol. The summed E-state index contributed by atoms with van der Waals surface area (Å²) in [5.41, 5.74) is 8.36. The third kappa shape index (κ3) is 3.84. The number of nitrogens with zero attached hydrogens (tertiary/aromatic N) is 4. The van der Waals surface area contributed by atoms with E-state index >= 15 is 0 Å². The average molecular weight is 369 g/mol. The van der Waals surface area contributed by atoms with Crippen molar-refractivity contribution < 1.29 is 9.84 Å². The number of hydrogen-bond donors (Lipinski definition) is 2. The molecule has 7 nitrogen and oxygen atoms in total. The number of nitrogen functional groups attached to an aromatic ring is 1. The summed E-state index contributed by atoms with van der Waals surface area (Å²) in [4.78, 5) is 4.73. The van der Waals surface area contributed by atoms with E-state index in [1.165, 1.54) is 0 Å². The van der Waals surface area contributed by atoms with Crippen molar-refractivity contribution in [2.45, 2.75) is 18.9 Å². The van der Waals surface area contributed by atoms with E-state index in [1.54, 1.807) is 12.1 Å². The van der Waals surface area contributed by atoms with Crippen LogP contribution in [-0.2, 0) is 4.74 Å². The van der Waals surface area contributed by atoms with Gasteiger partial charge in [-0.1, -0.05) is 12.1 Å². The first-order valence-corrected chi connectivity index (χ1v) is 9.56. The highest BCUT2D eigenvalue weighted by atomic mass is 16.5. The molecular weight excluding hydrogens is 342 g/mol. The lowest BCUT2D eigenvalue weighted by Gasteiger charge is -2.41. The van der Waals surface area contributed by atoms with Crippen LogP contribution in [0.1, 0.15) is 12.8 Å². The van der Waals surface area contributed by atoms with E-state index in [1.807, 2.05) is 18.2 Å². The molecule has 0 spiro atoms.